The molecule has 0 unspecified atom stereocenters. The van der Waals surface area contributed by atoms with Gasteiger partial charge in [-0.2, -0.15) is 5.10 Å². The molecule has 6 heteroatoms. The normalized spacial score (nSPS) is 10.9. The maximum absolute atomic E-state index is 13.0. The lowest BCUT2D eigenvalue weighted by Crippen LogP contribution is -2.15. The maximum Gasteiger partial charge on any atom is 0.256 e. The Hall–Kier alpha value is -3.93. The number of rotatable bonds is 7. The monoisotopic (exact) mass is 440 g/mol. The molecule has 2 amide bonds. The average molecular weight is 441 g/mol. The largest absolute Gasteiger partial charge is 0.322 e. The molecule has 4 rings (SSSR count). The van der Waals surface area contributed by atoms with Crippen molar-refractivity contribution in [3.05, 3.63) is 89.2 Å². The number of hydrogen-bond donors (Lipinski definition) is 2. The zero-order valence-corrected chi connectivity index (χ0v) is 19.2. The van der Waals surface area contributed by atoms with E-state index < -0.39 is 0 Å². The maximum atomic E-state index is 13.0. The molecule has 0 aliphatic carbocycles. The SMILES string of the molecule is CCCCn1nc(C)c(NC(=O)c2cccc(NC(=O)c3cccc4ccccc34)c2)c1C. The molecule has 2 N–H and O–H groups in total. The molecule has 0 saturated heterocycles. The van der Waals surface area contributed by atoms with Crippen molar-refractivity contribution in [3.8, 4) is 0 Å². The molecule has 0 fully saturated rings. The van der Waals surface area contributed by atoms with Gasteiger partial charge in [-0.05, 0) is 55.3 Å². The number of anilines is 2. The smallest absolute Gasteiger partial charge is 0.256 e. The first-order valence-electron chi connectivity index (χ1n) is 11.2. The van der Waals surface area contributed by atoms with Crippen LogP contribution >= 0.6 is 0 Å². The van der Waals surface area contributed by atoms with Gasteiger partial charge in [-0.3, -0.25) is 14.3 Å². The lowest BCUT2D eigenvalue weighted by atomic mass is 10.0. The van der Waals surface area contributed by atoms with Gasteiger partial charge in [0.15, 0.2) is 0 Å². The standard InChI is InChI=1S/C27H28N4O2/c1-4-5-16-31-19(3)25(18(2)30-31)29-26(32)21-12-8-13-22(17-21)28-27(33)24-15-9-11-20-10-6-7-14-23(20)24/h6-15,17H,4-5,16H2,1-3H3,(H,28,33)(H,29,32). The molecule has 3 aromatic carbocycles. The molecule has 0 spiro atoms. The average Bonchev–Trinajstić information content (AvgIpc) is 3.09. The van der Waals surface area contributed by atoms with Crippen LogP contribution in [0.5, 0.6) is 0 Å². The van der Waals surface area contributed by atoms with Gasteiger partial charge in [0, 0.05) is 23.4 Å². The molecular formula is C27H28N4O2. The first kappa shape index (κ1) is 22.3. The second-order valence-electron chi connectivity index (χ2n) is 8.14. The van der Waals surface area contributed by atoms with Crippen molar-refractivity contribution in [2.24, 2.45) is 0 Å². The van der Waals surface area contributed by atoms with E-state index in [1.165, 1.54) is 0 Å². The first-order chi connectivity index (χ1) is 16.0. The third-order valence-corrected chi connectivity index (χ3v) is 5.76. The van der Waals surface area contributed by atoms with Crippen molar-refractivity contribution in [2.75, 3.05) is 10.6 Å². The van der Waals surface area contributed by atoms with Gasteiger partial charge in [0.2, 0.25) is 0 Å². The fourth-order valence-corrected chi connectivity index (χ4v) is 3.95. The summed E-state index contributed by atoms with van der Waals surface area (Å²) in [6.07, 6.45) is 2.12. The number of fused-ring (bicyclic) bond motifs is 1. The Bertz CT molecular complexity index is 1320. The van der Waals surface area contributed by atoms with Gasteiger partial charge in [-0.25, -0.2) is 0 Å². The Balaban J connectivity index is 1.52. The molecule has 33 heavy (non-hydrogen) atoms. The van der Waals surface area contributed by atoms with E-state index in [1.807, 2.05) is 54.9 Å². The Kier molecular flexibility index (Phi) is 6.54. The number of carbonyl (C=O) groups is 2. The number of carbonyl (C=O) groups excluding carboxylic acids is 2. The highest BCUT2D eigenvalue weighted by Crippen LogP contribution is 2.23. The van der Waals surface area contributed by atoms with E-state index >= 15 is 0 Å². The van der Waals surface area contributed by atoms with Gasteiger partial charge in [-0.1, -0.05) is 55.8 Å². The van der Waals surface area contributed by atoms with Gasteiger partial charge >= 0.3 is 0 Å². The predicted octanol–water partition coefficient (Wildman–Crippen LogP) is 5.96. The molecule has 0 aliphatic rings. The van der Waals surface area contributed by atoms with Gasteiger partial charge in [-0.15, -0.1) is 0 Å². The van der Waals surface area contributed by atoms with Crippen LogP contribution in [-0.4, -0.2) is 21.6 Å². The molecule has 0 bridgehead atoms. The highest BCUT2D eigenvalue weighted by molar-refractivity contribution is 6.13. The second kappa shape index (κ2) is 9.69. The van der Waals surface area contributed by atoms with Crippen LogP contribution in [0.4, 0.5) is 11.4 Å². The number of hydrogen-bond acceptors (Lipinski definition) is 3. The van der Waals surface area contributed by atoms with Crippen LogP contribution in [-0.2, 0) is 6.54 Å². The minimum absolute atomic E-state index is 0.215. The van der Waals surface area contributed by atoms with E-state index in [-0.39, 0.29) is 11.8 Å². The number of nitrogens with one attached hydrogen (secondary N) is 2. The summed E-state index contributed by atoms with van der Waals surface area (Å²) in [5.74, 6) is -0.453. The lowest BCUT2D eigenvalue weighted by Gasteiger charge is -2.10. The summed E-state index contributed by atoms with van der Waals surface area (Å²) in [5.41, 5.74) is 4.08. The van der Waals surface area contributed by atoms with E-state index in [1.54, 1.807) is 30.3 Å². The van der Waals surface area contributed by atoms with Gasteiger partial charge < -0.3 is 10.6 Å². The Morgan fingerprint density at radius 3 is 2.48 bits per heavy atom. The fraction of sp³-hybridized carbons (Fsp3) is 0.222. The summed E-state index contributed by atoms with van der Waals surface area (Å²) in [7, 11) is 0. The number of amides is 2. The first-order valence-corrected chi connectivity index (χ1v) is 11.2. The summed E-state index contributed by atoms with van der Waals surface area (Å²) < 4.78 is 1.94. The highest BCUT2D eigenvalue weighted by Gasteiger charge is 2.16. The molecular weight excluding hydrogens is 412 g/mol. The number of aromatic nitrogens is 2. The summed E-state index contributed by atoms with van der Waals surface area (Å²) in [5, 5.41) is 12.4. The Morgan fingerprint density at radius 2 is 1.67 bits per heavy atom. The van der Waals surface area contributed by atoms with E-state index in [9.17, 15) is 9.59 Å². The molecule has 1 aromatic heterocycles. The molecule has 1 heterocycles. The topological polar surface area (TPSA) is 76.0 Å². The minimum atomic E-state index is -0.238. The van der Waals surface area contributed by atoms with Crippen LogP contribution in [0.3, 0.4) is 0 Å². The Labute approximate surface area is 193 Å². The van der Waals surface area contributed by atoms with Crippen molar-refractivity contribution >= 4 is 34.0 Å². The molecule has 4 aromatic rings. The number of aryl methyl sites for hydroxylation is 2. The quantitative estimate of drug-likeness (QED) is 0.372. The second-order valence-corrected chi connectivity index (χ2v) is 8.14. The van der Waals surface area contributed by atoms with Crippen molar-refractivity contribution in [1.29, 1.82) is 0 Å². The van der Waals surface area contributed by atoms with Crippen molar-refractivity contribution in [3.63, 3.8) is 0 Å². The van der Waals surface area contributed by atoms with Crippen LogP contribution in [0.15, 0.2) is 66.7 Å². The number of nitrogens with zero attached hydrogens (tertiary/aromatic N) is 2. The third-order valence-electron chi connectivity index (χ3n) is 5.76. The van der Waals surface area contributed by atoms with E-state index in [0.29, 0.717) is 16.8 Å². The summed E-state index contributed by atoms with van der Waals surface area (Å²) >= 11 is 0. The molecule has 0 atom stereocenters. The molecule has 0 radical (unpaired) electrons. The molecule has 6 nitrogen and oxygen atoms in total. The molecule has 0 aliphatic heterocycles. The highest BCUT2D eigenvalue weighted by atomic mass is 16.2. The van der Waals surface area contributed by atoms with Crippen LogP contribution in [0.1, 0.15) is 51.9 Å². The molecule has 168 valence electrons. The molecule has 0 saturated carbocycles. The third kappa shape index (κ3) is 4.80. The van der Waals surface area contributed by atoms with Gasteiger partial charge in [0.1, 0.15) is 0 Å². The van der Waals surface area contributed by atoms with E-state index in [2.05, 4.69) is 22.7 Å². The fourth-order valence-electron chi connectivity index (χ4n) is 3.95. The summed E-state index contributed by atoms with van der Waals surface area (Å²) in [6, 6.07) is 20.4. The van der Waals surface area contributed by atoms with Crippen LogP contribution < -0.4 is 10.6 Å². The van der Waals surface area contributed by atoms with Crippen molar-refractivity contribution in [2.45, 2.75) is 40.2 Å². The zero-order chi connectivity index (χ0) is 23.4. The van der Waals surface area contributed by atoms with Gasteiger partial charge in [0.05, 0.1) is 17.1 Å². The van der Waals surface area contributed by atoms with E-state index in [4.69, 9.17) is 0 Å². The summed E-state index contributed by atoms with van der Waals surface area (Å²) in [6.45, 7) is 6.83. The minimum Gasteiger partial charge on any atom is -0.322 e. The van der Waals surface area contributed by atoms with Crippen LogP contribution in [0.25, 0.3) is 10.8 Å². The van der Waals surface area contributed by atoms with E-state index in [0.717, 1.165) is 47.2 Å². The van der Waals surface area contributed by atoms with Crippen LogP contribution in [0, 0.1) is 13.8 Å². The summed E-state index contributed by atoms with van der Waals surface area (Å²) in [4.78, 5) is 25.9. The lowest BCUT2D eigenvalue weighted by molar-refractivity contribution is 0.101. The van der Waals surface area contributed by atoms with Gasteiger partial charge in [0.25, 0.3) is 11.8 Å². The predicted molar refractivity (Wildman–Crippen MR) is 133 cm³/mol. The van der Waals surface area contributed by atoms with Crippen molar-refractivity contribution in [1.82, 2.24) is 9.78 Å². The van der Waals surface area contributed by atoms with Crippen molar-refractivity contribution < 1.29 is 9.59 Å². The van der Waals surface area contributed by atoms with Crippen LogP contribution in [0.2, 0.25) is 0 Å². The number of unbranched alkanes of at least 4 members (excludes halogenated alkanes) is 1. The zero-order valence-electron chi connectivity index (χ0n) is 19.2. The number of benzene rings is 3. The Morgan fingerprint density at radius 1 is 0.909 bits per heavy atom.